The van der Waals surface area contributed by atoms with Gasteiger partial charge in [-0.1, -0.05) is 31.9 Å². The van der Waals surface area contributed by atoms with Crippen molar-refractivity contribution in [3.63, 3.8) is 0 Å². The smallest absolute Gasteiger partial charge is 0.321 e. The lowest BCUT2D eigenvalue weighted by atomic mass is 9.83. The largest absolute Gasteiger partial charge is 0.465 e. The van der Waals surface area contributed by atoms with Gasteiger partial charge < -0.3 is 9.64 Å². The van der Waals surface area contributed by atoms with Crippen LogP contribution in [0, 0.1) is 5.41 Å². The fraction of sp³-hybridized carbons (Fsp3) is 0.467. The van der Waals surface area contributed by atoms with Crippen LogP contribution in [0.15, 0.2) is 28.7 Å². The Morgan fingerprint density at radius 3 is 2.62 bits per heavy atom. The second kappa shape index (κ2) is 6.92. The Kier molecular flexibility index (Phi) is 5.43. The molecule has 1 aliphatic heterocycles. The van der Waals surface area contributed by atoms with Crippen molar-refractivity contribution in [3.8, 4) is 0 Å². The van der Waals surface area contributed by atoms with E-state index in [-0.39, 0.29) is 12.5 Å². The quantitative estimate of drug-likeness (QED) is 0.417. The first-order chi connectivity index (χ1) is 10.0. The summed E-state index contributed by atoms with van der Waals surface area (Å²) in [7, 11) is 0. The van der Waals surface area contributed by atoms with Crippen molar-refractivity contribution < 1.29 is 14.3 Å². The van der Waals surface area contributed by atoms with Crippen molar-refractivity contribution >= 4 is 49.4 Å². The average Bonchev–Trinajstić information content (AvgIpc) is 2.79. The average molecular weight is 419 g/mol. The van der Waals surface area contributed by atoms with E-state index in [1.807, 2.05) is 24.3 Å². The zero-order valence-corrected chi connectivity index (χ0v) is 14.9. The summed E-state index contributed by atoms with van der Waals surface area (Å²) in [6.45, 7) is 2.58. The van der Waals surface area contributed by atoms with Crippen LogP contribution >= 0.6 is 31.9 Å². The van der Waals surface area contributed by atoms with Gasteiger partial charge in [-0.15, -0.1) is 0 Å². The second-order valence-corrected chi connectivity index (χ2v) is 6.63. The Hall–Kier alpha value is -0.880. The van der Waals surface area contributed by atoms with Gasteiger partial charge in [0.25, 0.3) is 0 Å². The SMILES string of the molecule is CCOC(=O)C1(CCBr)CCN(c2ccc(Br)cc2)C1=O. The molecule has 1 aliphatic rings. The number of hydrogen-bond donors (Lipinski definition) is 0. The molecule has 0 N–H and O–H groups in total. The molecule has 0 aliphatic carbocycles. The van der Waals surface area contributed by atoms with Crippen molar-refractivity contribution in [1.82, 2.24) is 0 Å². The number of amides is 1. The van der Waals surface area contributed by atoms with Crippen LogP contribution in [0.3, 0.4) is 0 Å². The number of hydrogen-bond acceptors (Lipinski definition) is 3. The van der Waals surface area contributed by atoms with Crippen LogP contribution in [0.25, 0.3) is 0 Å². The van der Waals surface area contributed by atoms with Gasteiger partial charge in [-0.3, -0.25) is 9.59 Å². The van der Waals surface area contributed by atoms with E-state index in [9.17, 15) is 9.59 Å². The highest BCUT2D eigenvalue weighted by Gasteiger charge is 2.53. The minimum atomic E-state index is -1.05. The second-order valence-electron chi connectivity index (χ2n) is 4.92. The number of anilines is 1. The number of alkyl halides is 1. The predicted molar refractivity (Wildman–Crippen MR) is 88.6 cm³/mol. The maximum absolute atomic E-state index is 12.8. The lowest BCUT2D eigenvalue weighted by molar-refractivity contribution is -0.158. The number of nitrogens with zero attached hydrogens (tertiary/aromatic N) is 1. The lowest BCUT2D eigenvalue weighted by Crippen LogP contribution is -2.42. The standard InChI is InChI=1S/C15H17Br2NO3/c1-2-21-14(20)15(7-9-16)8-10-18(13(15)19)12-5-3-11(17)4-6-12/h3-6H,2,7-10H2,1H3. The van der Waals surface area contributed by atoms with Gasteiger partial charge in [0.1, 0.15) is 5.41 Å². The van der Waals surface area contributed by atoms with Crippen LogP contribution in [-0.2, 0) is 14.3 Å². The molecule has 0 bridgehead atoms. The van der Waals surface area contributed by atoms with Gasteiger partial charge in [0.2, 0.25) is 5.91 Å². The van der Waals surface area contributed by atoms with Crippen LogP contribution in [0.1, 0.15) is 19.8 Å². The van der Waals surface area contributed by atoms with Crippen molar-refractivity contribution in [2.24, 2.45) is 5.41 Å². The topological polar surface area (TPSA) is 46.6 Å². The molecular formula is C15H17Br2NO3. The molecule has 1 heterocycles. The molecule has 114 valence electrons. The van der Waals surface area contributed by atoms with Crippen molar-refractivity contribution in [2.75, 3.05) is 23.4 Å². The Bertz CT molecular complexity index is 532. The molecule has 0 saturated carbocycles. The molecule has 1 aromatic rings. The van der Waals surface area contributed by atoms with Gasteiger partial charge in [0.05, 0.1) is 6.61 Å². The van der Waals surface area contributed by atoms with E-state index in [1.54, 1.807) is 11.8 Å². The van der Waals surface area contributed by atoms with Crippen LogP contribution in [0.5, 0.6) is 0 Å². The van der Waals surface area contributed by atoms with Crippen LogP contribution in [0.2, 0.25) is 0 Å². The molecule has 1 amide bonds. The van der Waals surface area contributed by atoms with E-state index in [0.29, 0.717) is 24.7 Å². The molecule has 1 unspecified atom stereocenters. The number of carbonyl (C=O) groups is 2. The highest BCUT2D eigenvalue weighted by atomic mass is 79.9. The first-order valence-corrected chi connectivity index (χ1v) is 8.77. The monoisotopic (exact) mass is 417 g/mol. The Morgan fingerprint density at radius 2 is 2.05 bits per heavy atom. The van der Waals surface area contributed by atoms with Gasteiger partial charge in [-0.05, 0) is 44.0 Å². The molecule has 1 fully saturated rings. The van der Waals surface area contributed by atoms with Gasteiger partial charge in [0, 0.05) is 22.0 Å². The van der Waals surface area contributed by atoms with E-state index in [4.69, 9.17) is 4.74 Å². The first-order valence-electron chi connectivity index (χ1n) is 6.86. The molecule has 0 radical (unpaired) electrons. The van der Waals surface area contributed by atoms with E-state index >= 15 is 0 Å². The Morgan fingerprint density at radius 1 is 1.38 bits per heavy atom. The van der Waals surface area contributed by atoms with Crippen LogP contribution in [0.4, 0.5) is 5.69 Å². The number of rotatable bonds is 5. The van der Waals surface area contributed by atoms with Gasteiger partial charge in [0.15, 0.2) is 0 Å². The summed E-state index contributed by atoms with van der Waals surface area (Å²) in [5.74, 6) is -0.572. The summed E-state index contributed by atoms with van der Waals surface area (Å²) in [5, 5.41) is 0.589. The van der Waals surface area contributed by atoms with Crippen molar-refractivity contribution in [3.05, 3.63) is 28.7 Å². The highest BCUT2D eigenvalue weighted by Crippen LogP contribution is 2.39. The minimum Gasteiger partial charge on any atom is -0.465 e. The highest BCUT2D eigenvalue weighted by molar-refractivity contribution is 9.10. The summed E-state index contributed by atoms with van der Waals surface area (Å²) >= 11 is 6.72. The van der Waals surface area contributed by atoms with Crippen molar-refractivity contribution in [1.29, 1.82) is 0 Å². The number of ether oxygens (including phenoxy) is 1. The summed E-state index contributed by atoms with van der Waals surface area (Å²) in [4.78, 5) is 26.8. The third-order valence-electron chi connectivity index (χ3n) is 3.74. The molecule has 4 nitrogen and oxygen atoms in total. The molecule has 1 aromatic carbocycles. The Labute approximate surface area is 141 Å². The summed E-state index contributed by atoms with van der Waals surface area (Å²) in [6, 6.07) is 7.52. The third kappa shape index (κ3) is 3.16. The molecule has 21 heavy (non-hydrogen) atoms. The zero-order valence-electron chi connectivity index (χ0n) is 11.8. The molecule has 1 atom stereocenters. The summed E-state index contributed by atoms with van der Waals surface area (Å²) in [6.07, 6.45) is 0.948. The molecule has 6 heteroatoms. The van der Waals surface area contributed by atoms with Gasteiger partial charge in [-0.25, -0.2) is 0 Å². The molecular weight excluding hydrogens is 402 g/mol. The van der Waals surface area contributed by atoms with E-state index in [1.165, 1.54) is 0 Å². The number of esters is 1. The third-order valence-corrected chi connectivity index (χ3v) is 4.67. The zero-order chi connectivity index (χ0) is 15.5. The fourth-order valence-electron chi connectivity index (χ4n) is 2.59. The lowest BCUT2D eigenvalue weighted by Gasteiger charge is -2.25. The number of halogens is 2. The molecule has 0 spiro atoms. The maximum atomic E-state index is 12.8. The van der Waals surface area contributed by atoms with Gasteiger partial charge >= 0.3 is 5.97 Å². The molecule has 0 aromatic heterocycles. The fourth-order valence-corrected chi connectivity index (χ4v) is 3.53. The van der Waals surface area contributed by atoms with E-state index in [0.717, 1.165) is 10.2 Å². The maximum Gasteiger partial charge on any atom is 0.321 e. The van der Waals surface area contributed by atoms with Crippen LogP contribution < -0.4 is 4.90 Å². The number of carbonyl (C=O) groups excluding carboxylic acids is 2. The Balaban J connectivity index is 2.28. The minimum absolute atomic E-state index is 0.164. The van der Waals surface area contributed by atoms with Crippen molar-refractivity contribution in [2.45, 2.75) is 19.8 Å². The summed E-state index contributed by atoms with van der Waals surface area (Å²) < 4.78 is 6.09. The van der Waals surface area contributed by atoms with Crippen LogP contribution in [-0.4, -0.2) is 30.4 Å². The molecule has 1 saturated heterocycles. The van der Waals surface area contributed by atoms with E-state index in [2.05, 4.69) is 31.9 Å². The first kappa shape index (κ1) is 16.5. The predicted octanol–water partition coefficient (Wildman–Crippen LogP) is 3.52. The number of benzene rings is 1. The normalized spacial score (nSPS) is 21.7. The summed E-state index contributed by atoms with van der Waals surface area (Å²) in [5.41, 5.74) is -0.240. The van der Waals surface area contributed by atoms with Gasteiger partial charge in [-0.2, -0.15) is 0 Å². The molecule has 2 rings (SSSR count). The van der Waals surface area contributed by atoms with E-state index < -0.39 is 11.4 Å².